The molecule has 0 aliphatic carbocycles. The summed E-state index contributed by atoms with van der Waals surface area (Å²) < 4.78 is 6.86. The Labute approximate surface area is 77.6 Å². The highest BCUT2D eigenvalue weighted by atomic mass is 16.4. The predicted octanol–water partition coefficient (Wildman–Crippen LogP) is 0.223. The molecule has 70 valence electrons. The molecule has 0 bridgehead atoms. The van der Waals surface area contributed by atoms with Gasteiger partial charge in [-0.1, -0.05) is 12.1 Å². The molecule has 0 spiro atoms. The number of hydrogen-bond acceptors (Lipinski definition) is 3. The number of hydrogen-bond donors (Lipinski definition) is 3. The zero-order valence-electron chi connectivity index (χ0n) is 8.03. The number of nitrogens with two attached hydrogens (primary N) is 2. The molecule has 0 amide bonds. The van der Waals surface area contributed by atoms with Crippen molar-refractivity contribution < 1.29 is 11.3 Å². The molecule has 5 N–H and O–H groups in total. The van der Waals surface area contributed by atoms with E-state index in [-0.39, 0.29) is 0 Å². The lowest BCUT2D eigenvalue weighted by atomic mass is 10.1. The van der Waals surface area contributed by atoms with Gasteiger partial charge in [0.2, 0.25) is 0 Å². The van der Waals surface area contributed by atoms with Crippen molar-refractivity contribution in [3.8, 4) is 0 Å². The number of benzene rings is 1. The number of anilines is 1. The minimum Gasteiger partial charge on any atom is -0.480 e. The van der Waals surface area contributed by atoms with E-state index in [0.717, 1.165) is 5.56 Å². The van der Waals surface area contributed by atoms with Gasteiger partial charge >= 0.3 is 5.97 Å². The molecule has 1 aromatic rings. The maximum atomic E-state index is 10.5. The molecule has 0 fully saturated rings. The Morgan fingerprint density at radius 1 is 1.54 bits per heavy atom. The molecule has 0 aliphatic rings. The van der Waals surface area contributed by atoms with Crippen molar-refractivity contribution in [1.82, 2.24) is 0 Å². The summed E-state index contributed by atoms with van der Waals surface area (Å²) in [6.45, 7) is 0. The highest BCUT2D eigenvalue weighted by molar-refractivity contribution is 5.73. The molecule has 13 heavy (non-hydrogen) atoms. The largest absolute Gasteiger partial charge is 0.480 e. The minimum atomic E-state index is -1.01. The molecule has 1 atom stereocenters. The molecule has 0 radical (unpaired) electrons. The van der Waals surface area contributed by atoms with E-state index in [1.807, 2.05) is 0 Å². The van der Waals surface area contributed by atoms with Gasteiger partial charge in [-0.25, -0.2) is 0 Å². The van der Waals surface area contributed by atoms with Crippen molar-refractivity contribution in [2.24, 2.45) is 5.73 Å². The monoisotopic (exact) mass is 181 g/mol. The number of carboxylic acids is 1. The van der Waals surface area contributed by atoms with E-state index >= 15 is 0 Å². The van der Waals surface area contributed by atoms with Gasteiger partial charge in [-0.2, -0.15) is 0 Å². The van der Waals surface area contributed by atoms with Crippen molar-refractivity contribution in [2.45, 2.75) is 12.5 Å². The first-order chi connectivity index (χ1) is 6.63. The van der Waals surface area contributed by atoms with Crippen LogP contribution in [0.15, 0.2) is 24.3 Å². The summed E-state index contributed by atoms with van der Waals surface area (Å²) in [4.78, 5) is 10.5. The molecule has 4 heteroatoms. The van der Waals surface area contributed by atoms with Crippen LogP contribution in [0.5, 0.6) is 0 Å². The maximum absolute atomic E-state index is 10.5. The van der Waals surface area contributed by atoms with E-state index in [9.17, 15) is 4.79 Å². The van der Waals surface area contributed by atoms with Crippen LogP contribution in [0.2, 0.25) is 1.41 Å². The highest BCUT2D eigenvalue weighted by Crippen LogP contribution is 2.07. The molecule has 1 aromatic carbocycles. The average molecular weight is 181 g/mol. The van der Waals surface area contributed by atoms with Gasteiger partial charge < -0.3 is 16.6 Å². The molecular weight excluding hydrogens is 168 g/mol. The van der Waals surface area contributed by atoms with Crippen LogP contribution in [0.25, 0.3) is 0 Å². The topological polar surface area (TPSA) is 89.3 Å². The van der Waals surface area contributed by atoms with Crippen LogP contribution in [-0.2, 0) is 11.2 Å². The third kappa shape index (κ3) is 2.76. The van der Waals surface area contributed by atoms with Crippen molar-refractivity contribution in [3.63, 3.8) is 0 Å². The van der Waals surface area contributed by atoms with Gasteiger partial charge in [-0.15, -0.1) is 0 Å². The highest BCUT2D eigenvalue weighted by Gasteiger charge is 2.11. The third-order valence-corrected chi connectivity index (χ3v) is 1.73. The van der Waals surface area contributed by atoms with Gasteiger partial charge in [0.25, 0.3) is 0 Å². The molecule has 0 saturated carbocycles. The summed E-state index contributed by atoms with van der Waals surface area (Å²) in [5.41, 5.74) is 9.11. The molecule has 0 aliphatic heterocycles. The first-order valence-corrected chi connectivity index (χ1v) is 3.88. The predicted molar refractivity (Wildman–Crippen MR) is 50.2 cm³/mol. The van der Waals surface area contributed by atoms with Gasteiger partial charge in [-0.3, -0.25) is 4.79 Å². The molecule has 0 saturated heterocycles. The smallest absolute Gasteiger partial charge is 0.320 e. The number of rotatable bonds is 4. The summed E-state index contributed by atoms with van der Waals surface area (Å²) >= 11 is 0. The second kappa shape index (κ2) is 3.91. The minimum absolute atomic E-state index is 0.299. The SMILES string of the molecule is [2H]Nc1ccc(C[C@H](N)C(=O)O)cc1. The van der Waals surface area contributed by atoms with Crippen LogP contribution in [0.1, 0.15) is 5.56 Å². The Bertz CT molecular complexity index is 313. The number of nitrogen functional groups attached to an aromatic ring is 1. The average Bonchev–Trinajstić information content (AvgIpc) is 2.19. The van der Waals surface area contributed by atoms with E-state index < -0.39 is 12.0 Å². The Morgan fingerprint density at radius 3 is 2.62 bits per heavy atom. The fourth-order valence-corrected chi connectivity index (χ4v) is 0.982. The molecule has 4 nitrogen and oxygen atoms in total. The van der Waals surface area contributed by atoms with Crippen molar-refractivity contribution in [3.05, 3.63) is 29.8 Å². The fourth-order valence-electron chi connectivity index (χ4n) is 0.982. The van der Waals surface area contributed by atoms with E-state index in [1.54, 1.807) is 24.3 Å². The van der Waals surface area contributed by atoms with Crippen molar-refractivity contribution >= 4 is 11.7 Å². The van der Waals surface area contributed by atoms with Crippen LogP contribution >= 0.6 is 0 Å². The van der Waals surface area contributed by atoms with E-state index in [1.165, 1.54) is 0 Å². The van der Waals surface area contributed by atoms with Gasteiger partial charge in [-0.05, 0) is 24.1 Å². The fraction of sp³-hybridized carbons (Fsp3) is 0.222. The number of aliphatic carboxylic acids is 1. The second-order valence-electron chi connectivity index (χ2n) is 2.85. The lowest BCUT2D eigenvalue weighted by Crippen LogP contribution is -2.32. The maximum Gasteiger partial charge on any atom is 0.320 e. The first kappa shape index (κ1) is 8.07. The Balaban J connectivity index is 2.64. The first-order valence-electron chi connectivity index (χ1n) is 4.38. The number of carboxylic acid groups (broad SMARTS) is 1. The lowest BCUT2D eigenvalue weighted by Gasteiger charge is -2.05. The summed E-state index contributed by atoms with van der Waals surface area (Å²) in [7, 11) is 0. The van der Waals surface area contributed by atoms with Crippen LogP contribution in [0, 0.1) is 0 Å². The zero-order chi connectivity index (χ0) is 10.6. The lowest BCUT2D eigenvalue weighted by molar-refractivity contribution is -0.138. The van der Waals surface area contributed by atoms with Crippen molar-refractivity contribution in [2.75, 3.05) is 5.73 Å². The standard InChI is InChI=1S/C9H12N2O2/c10-7-3-1-6(2-4-7)5-8(11)9(12)13/h1-4,8H,5,10-11H2,(H,12,13)/t8-/m0/s1/i/hD. The Kier molecular flexibility index (Phi) is 2.43. The van der Waals surface area contributed by atoms with Gasteiger partial charge in [0.15, 0.2) is 1.41 Å². The van der Waals surface area contributed by atoms with Gasteiger partial charge in [0.05, 0.1) is 0 Å². The zero-order valence-corrected chi connectivity index (χ0v) is 7.03. The molecule has 1 rings (SSSR count). The number of carbonyl (C=O) groups is 1. The quantitative estimate of drug-likeness (QED) is 0.580. The normalized spacial score (nSPS) is 13.2. The summed E-state index contributed by atoms with van der Waals surface area (Å²) in [5, 5.41) is 8.58. The van der Waals surface area contributed by atoms with Gasteiger partial charge in [0.1, 0.15) is 6.04 Å². The summed E-state index contributed by atoms with van der Waals surface area (Å²) in [6, 6.07) is 6.04. The van der Waals surface area contributed by atoms with E-state index in [4.69, 9.17) is 12.3 Å². The molecular formula is C9H12N2O2. The van der Waals surface area contributed by atoms with Crippen LogP contribution < -0.4 is 11.5 Å². The Hall–Kier alpha value is -1.55. The van der Waals surface area contributed by atoms with Crippen LogP contribution in [-0.4, -0.2) is 17.1 Å². The molecule has 0 heterocycles. The van der Waals surface area contributed by atoms with Gasteiger partial charge in [0, 0.05) is 5.69 Å². The van der Waals surface area contributed by atoms with Crippen molar-refractivity contribution in [1.29, 1.82) is 0 Å². The van der Waals surface area contributed by atoms with E-state index in [0.29, 0.717) is 12.1 Å². The molecule has 0 unspecified atom stereocenters. The Morgan fingerprint density at radius 2 is 2.15 bits per heavy atom. The summed E-state index contributed by atoms with van der Waals surface area (Å²) in [5.74, 6) is -1.01. The molecule has 0 aromatic heterocycles. The second-order valence-corrected chi connectivity index (χ2v) is 2.85. The van der Waals surface area contributed by atoms with Crippen LogP contribution in [0.4, 0.5) is 5.69 Å². The van der Waals surface area contributed by atoms with E-state index in [2.05, 4.69) is 5.73 Å². The van der Waals surface area contributed by atoms with Crippen LogP contribution in [0.3, 0.4) is 0 Å². The third-order valence-electron chi connectivity index (χ3n) is 1.73. The summed E-state index contributed by atoms with van der Waals surface area (Å²) in [6.07, 6.45) is 0.299.